The average molecular weight is 312 g/mol. The zero-order chi connectivity index (χ0) is 13.3. The lowest BCUT2D eigenvalue weighted by molar-refractivity contribution is 0.0748. The number of benzene rings is 1. The number of carbonyl (C=O) groups excluding carboxylic acids is 1. The van der Waals surface area contributed by atoms with E-state index in [1.165, 1.54) is 0 Å². The Kier molecular flexibility index (Phi) is 3.95. The van der Waals surface area contributed by atoms with E-state index in [0.29, 0.717) is 16.3 Å². The van der Waals surface area contributed by atoms with Crippen LogP contribution < -0.4 is 0 Å². The maximum atomic E-state index is 12.2. The molecule has 0 aliphatic heterocycles. The number of aromatic hydroxyl groups is 1. The molecule has 4 heteroatoms. The zero-order valence-corrected chi connectivity index (χ0v) is 12.3. The summed E-state index contributed by atoms with van der Waals surface area (Å²) in [5, 5.41) is 9.63. The summed E-state index contributed by atoms with van der Waals surface area (Å²) in [6.45, 7) is 2.60. The topological polar surface area (TPSA) is 40.5 Å². The van der Waals surface area contributed by atoms with Gasteiger partial charge in [0, 0.05) is 24.0 Å². The monoisotopic (exact) mass is 311 g/mol. The highest BCUT2D eigenvalue weighted by Gasteiger charge is 2.29. The van der Waals surface area contributed by atoms with Gasteiger partial charge in [0.1, 0.15) is 5.75 Å². The minimum absolute atomic E-state index is 0.0247. The van der Waals surface area contributed by atoms with E-state index in [4.69, 9.17) is 0 Å². The first-order valence-corrected chi connectivity index (χ1v) is 7.08. The molecule has 0 unspecified atom stereocenters. The first-order valence-electron chi connectivity index (χ1n) is 6.16. The van der Waals surface area contributed by atoms with E-state index < -0.39 is 0 Å². The van der Waals surface area contributed by atoms with Gasteiger partial charge in [0.2, 0.25) is 0 Å². The fourth-order valence-electron chi connectivity index (χ4n) is 2.24. The van der Waals surface area contributed by atoms with Crippen molar-refractivity contribution in [1.29, 1.82) is 0 Å². The maximum absolute atomic E-state index is 12.2. The minimum Gasteiger partial charge on any atom is -0.508 e. The summed E-state index contributed by atoms with van der Waals surface area (Å²) in [5.74, 6) is 0.754. The second-order valence-corrected chi connectivity index (χ2v) is 6.42. The molecule has 0 spiro atoms. The molecule has 1 amide bonds. The van der Waals surface area contributed by atoms with Crippen molar-refractivity contribution in [1.82, 2.24) is 4.90 Å². The van der Waals surface area contributed by atoms with Crippen molar-refractivity contribution in [3.63, 3.8) is 0 Å². The number of halogens is 1. The highest BCUT2D eigenvalue weighted by Crippen LogP contribution is 2.33. The standard InChI is InChI=1S/C14H18BrNO2/c1-9-3-4-11(7-13(9)17)14(18)16(2)8-10-5-12(15)6-10/h3-4,7,10,12,17H,5-6,8H2,1-2H3. The van der Waals surface area contributed by atoms with Crippen molar-refractivity contribution >= 4 is 21.8 Å². The van der Waals surface area contributed by atoms with E-state index in [9.17, 15) is 9.90 Å². The predicted molar refractivity (Wildman–Crippen MR) is 75.2 cm³/mol. The largest absolute Gasteiger partial charge is 0.508 e. The van der Waals surface area contributed by atoms with Crippen LogP contribution in [0.4, 0.5) is 0 Å². The number of aryl methyl sites for hydroxylation is 1. The summed E-state index contributed by atoms with van der Waals surface area (Å²) in [4.78, 5) is 14.5. The van der Waals surface area contributed by atoms with Crippen LogP contribution in [0.2, 0.25) is 0 Å². The number of rotatable bonds is 3. The van der Waals surface area contributed by atoms with Gasteiger partial charge in [-0.3, -0.25) is 4.79 Å². The number of phenols is 1. The Morgan fingerprint density at radius 1 is 1.50 bits per heavy atom. The quantitative estimate of drug-likeness (QED) is 0.872. The fraction of sp³-hybridized carbons (Fsp3) is 0.500. The number of hydrogen-bond donors (Lipinski definition) is 1. The minimum atomic E-state index is -0.0247. The van der Waals surface area contributed by atoms with Crippen LogP contribution in [0.5, 0.6) is 5.75 Å². The average Bonchev–Trinajstić information content (AvgIpc) is 2.29. The number of carbonyl (C=O) groups is 1. The molecule has 0 bridgehead atoms. The van der Waals surface area contributed by atoms with Crippen molar-refractivity contribution in [2.24, 2.45) is 5.92 Å². The molecule has 2 rings (SSSR count). The van der Waals surface area contributed by atoms with Crippen LogP contribution >= 0.6 is 15.9 Å². The molecule has 0 heterocycles. The molecule has 1 aromatic carbocycles. The summed E-state index contributed by atoms with van der Waals surface area (Å²) >= 11 is 3.55. The van der Waals surface area contributed by atoms with Gasteiger partial charge in [-0.2, -0.15) is 0 Å². The molecule has 18 heavy (non-hydrogen) atoms. The molecule has 0 saturated heterocycles. The zero-order valence-electron chi connectivity index (χ0n) is 10.7. The van der Waals surface area contributed by atoms with Gasteiger partial charge in [0.05, 0.1) is 0 Å². The Bertz CT molecular complexity index is 455. The Hall–Kier alpha value is -1.03. The van der Waals surface area contributed by atoms with E-state index in [0.717, 1.165) is 24.9 Å². The number of phenolic OH excluding ortho intramolecular Hbond substituents is 1. The Morgan fingerprint density at radius 3 is 2.72 bits per heavy atom. The van der Waals surface area contributed by atoms with Crippen LogP contribution in [-0.2, 0) is 0 Å². The molecule has 98 valence electrons. The summed E-state index contributed by atoms with van der Waals surface area (Å²) in [6, 6.07) is 5.08. The van der Waals surface area contributed by atoms with Crippen molar-refractivity contribution in [2.45, 2.75) is 24.6 Å². The summed E-state index contributed by atoms with van der Waals surface area (Å²) in [6.07, 6.45) is 2.27. The lowest BCUT2D eigenvalue weighted by Gasteiger charge is -2.34. The van der Waals surface area contributed by atoms with E-state index in [-0.39, 0.29) is 11.7 Å². The first-order chi connectivity index (χ1) is 8.47. The Morgan fingerprint density at radius 2 is 2.17 bits per heavy atom. The van der Waals surface area contributed by atoms with Gasteiger partial charge in [-0.05, 0) is 43.4 Å². The molecule has 3 nitrogen and oxygen atoms in total. The van der Waals surface area contributed by atoms with E-state index in [2.05, 4.69) is 15.9 Å². The fourth-order valence-corrected chi connectivity index (χ4v) is 3.29. The number of hydrogen-bond acceptors (Lipinski definition) is 2. The molecule has 1 saturated carbocycles. The predicted octanol–water partition coefficient (Wildman–Crippen LogP) is 2.95. The summed E-state index contributed by atoms with van der Waals surface area (Å²) in [7, 11) is 1.82. The third-order valence-electron chi connectivity index (χ3n) is 3.51. The number of nitrogens with zero attached hydrogens (tertiary/aromatic N) is 1. The van der Waals surface area contributed by atoms with Gasteiger partial charge in [-0.25, -0.2) is 0 Å². The summed E-state index contributed by atoms with van der Waals surface area (Å²) in [5.41, 5.74) is 1.34. The third-order valence-corrected chi connectivity index (χ3v) is 4.26. The van der Waals surface area contributed by atoms with Crippen LogP contribution in [0.3, 0.4) is 0 Å². The Labute approximate surface area is 116 Å². The highest BCUT2D eigenvalue weighted by molar-refractivity contribution is 9.09. The smallest absolute Gasteiger partial charge is 0.253 e. The van der Waals surface area contributed by atoms with Gasteiger partial charge in [-0.15, -0.1) is 0 Å². The number of amides is 1. The molecule has 0 radical (unpaired) electrons. The normalized spacial score (nSPS) is 22.4. The van der Waals surface area contributed by atoms with Gasteiger partial charge in [0.25, 0.3) is 5.91 Å². The van der Waals surface area contributed by atoms with Crippen molar-refractivity contribution in [3.05, 3.63) is 29.3 Å². The first kappa shape index (κ1) is 13.4. The third kappa shape index (κ3) is 2.86. The van der Waals surface area contributed by atoms with Crippen molar-refractivity contribution < 1.29 is 9.90 Å². The highest BCUT2D eigenvalue weighted by atomic mass is 79.9. The van der Waals surface area contributed by atoms with Crippen LogP contribution in [0, 0.1) is 12.8 Å². The molecule has 1 N–H and O–H groups in total. The van der Waals surface area contributed by atoms with Crippen LogP contribution in [0.15, 0.2) is 18.2 Å². The summed E-state index contributed by atoms with van der Waals surface area (Å²) < 4.78 is 0. The molecule has 0 atom stereocenters. The van der Waals surface area contributed by atoms with Crippen LogP contribution in [0.25, 0.3) is 0 Å². The van der Waals surface area contributed by atoms with Crippen LogP contribution in [0.1, 0.15) is 28.8 Å². The number of alkyl halides is 1. The molecule has 1 aromatic rings. The Balaban J connectivity index is 1.99. The van der Waals surface area contributed by atoms with Gasteiger partial charge in [0.15, 0.2) is 0 Å². The lowest BCUT2D eigenvalue weighted by atomic mass is 9.85. The molecule has 1 aliphatic rings. The second kappa shape index (κ2) is 5.31. The SMILES string of the molecule is Cc1ccc(C(=O)N(C)CC2CC(Br)C2)cc1O. The van der Waals surface area contributed by atoms with E-state index in [1.54, 1.807) is 23.1 Å². The molecule has 0 aromatic heterocycles. The van der Waals surface area contributed by atoms with Gasteiger partial charge in [-0.1, -0.05) is 22.0 Å². The van der Waals surface area contributed by atoms with Gasteiger partial charge < -0.3 is 10.0 Å². The lowest BCUT2D eigenvalue weighted by Crippen LogP contribution is -2.37. The second-order valence-electron chi connectivity index (χ2n) is 5.12. The van der Waals surface area contributed by atoms with Crippen molar-refractivity contribution in [3.8, 4) is 5.75 Å². The van der Waals surface area contributed by atoms with Gasteiger partial charge >= 0.3 is 0 Å². The van der Waals surface area contributed by atoms with Crippen LogP contribution in [-0.4, -0.2) is 34.3 Å². The molecular formula is C14H18BrNO2. The van der Waals surface area contributed by atoms with E-state index in [1.807, 2.05) is 14.0 Å². The molecular weight excluding hydrogens is 294 g/mol. The van der Waals surface area contributed by atoms with Crippen molar-refractivity contribution in [2.75, 3.05) is 13.6 Å². The van der Waals surface area contributed by atoms with E-state index >= 15 is 0 Å². The molecule has 1 fully saturated rings. The molecule has 1 aliphatic carbocycles. The maximum Gasteiger partial charge on any atom is 0.253 e.